The van der Waals surface area contributed by atoms with E-state index in [4.69, 9.17) is 25.7 Å². The molecule has 236 valence electrons. The van der Waals surface area contributed by atoms with Crippen molar-refractivity contribution in [3.05, 3.63) is 59.7 Å². The Morgan fingerprint density at radius 1 is 0.744 bits per heavy atom. The Hall–Kier alpha value is -3.48. The number of carbonyl (C=O) groups excluding carboxylic acids is 2. The lowest BCUT2D eigenvalue weighted by Gasteiger charge is -2.27. The van der Waals surface area contributed by atoms with E-state index in [1.807, 2.05) is 24.3 Å². The fourth-order valence-electron chi connectivity index (χ4n) is 5.56. The van der Waals surface area contributed by atoms with Crippen molar-refractivity contribution < 1.29 is 23.8 Å². The molecule has 1 fully saturated rings. The second-order valence-electron chi connectivity index (χ2n) is 11.9. The van der Waals surface area contributed by atoms with Crippen molar-refractivity contribution in [2.45, 2.75) is 96.8 Å². The summed E-state index contributed by atoms with van der Waals surface area (Å²) in [5.74, 6) is 1.78. The Bertz CT molecular complexity index is 1100. The largest absolute Gasteiger partial charge is 0.493 e. The highest BCUT2D eigenvalue weighted by atomic mass is 16.5. The predicted octanol–water partition coefficient (Wildman–Crippen LogP) is 8.37. The number of benzene rings is 2. The van der Waals surface area contributed by atoms with Crippen molar-refractivity contribution >= 4 is 29.4 Å². The van der Waals surface area contributed by atoms with Crippen molar-refractivity contribution in [3.63, 3.8) is 0 Å². The van der Waals surface area contributed by atoms with Crippen LogP contribution in [0.4, 0.5) is 11.4 Å². The number of nitrogen functional groups attached to an aromatic ring is 2. The summed E-state index contributed by atoms with van der Waals surface area (Å²) in [5.41, 5.74) is 13.7. The molecule has 1 saturated carbocycles. The van der Waals surface area contributed by atoms with E-state index in [9.17, 15) is 9.59 Å². The number of hydrogen-bond acceptors (Lipinski definition) is 7. The SMILES string of the molecule is CCC1CCC(COc2ccc(C=CC(=O)OCCCCCCCCCCCOC(=O)c3cc(N)cc(N)c3)cc2)CC1. The zero-order chi connectivity index (χ0) is 30.7. The van der Waals surface area contributed by atoms with E-state index in [0.717, 1.165) is 62.4 Å². The highest BCUT2D eigenvalue weighted by Gasteiger charge is 2.20. The van der Waals surface area contributed by atoms with Gasteiger partial charge in [0.05, 0.1) is 25.4 Å². The van der Waals surface area contributed by atoms with Crippen molar-refractivity contribution in [1.82, 2.24) is 0 Å². The number of esters is 2. The van der Waals surface area contributed by atoms with Gasteiger partial charge < -0.3 is 25.7 Å². The number of nitrogens with two attached hydrogens (primary N) is 2. The minimum Gasteiger partial charge on any atom is -0.493 e. The molecule has 4 N–H and O–H groups in total. The van der Waals surface area contributed by atoms with Crippen LogP contribution in [0.3, 0.4) is 0 Å². The van der Waals surface area contributed by atoms with Crippen LogP contribution in [0.1, 0.15) is 113 Å². The lowest BCUT2D eigenvalue weighted by Crippen LogP contribution is -2.19. The topological polar surface area (TPSA) is 114 Å². The molecule has 0 radical (unpaired) electrons. The molecule has 3 rings (SSSR count). The summed E-state index contributed by atoms with van der Waals surface area (Å²) in [7, 11) is 0. The molecule has 7 heteroatoms. The monoisotopic (exact) mass is 592 g/mol. The molecular weight excluding hydrogens is 540 g/mol. The van der Waals surface area contributed by atoms with Gasteiger partial charge in [-0.15, -0.1) is 0 Å². The van der Waals surface area contributed by atoms with E-state index >= 15 is 0 Å². The number of anilines is 2. The maximum absolute atomic E-state index is 12.1. The van der Waals surface area contributed by atoms with Crippen molar-refractivity contribution in [2.24, 2.45) is 11.8 Å². The molecular formula is C36H52N2O5. The van der Waals surface area contributed by atoms with Crippen LogP contribution in [-0.4, -0.2) is 31.8 Å². The Morgan fingerprint density at radius 3 is 1.86 bits per heavy atom. The molecule has 0 bridgehead atoms. The Kier molecular flexibility index (Phi) is 15.6. The van der Waals surface area contributed by atoms with Crippen molar-refractivity contribution in [2.75, 3.05) is 31.3 Å². The first-order chi connectivity index (χ1) is 20.9. The fourth-order valence-corrected chi connectivity index (χ4v) is 5.56. The highest BCUT2D eigenvalue weighted by molar-refractivity contribution is 5.91. The van der Waals surface area contributed by atoms with Crippen LogP contribution >= 0.6 is 0 Å². The summed E-state index contributed by atoms with van der Waals surface area (Å²) in [6.45, 7) is 3.95. The molecule has 0 atom stereocenters. The minimum atomic E-state index is -0.383. The van der Waals surface area contributed by atoms with Gasteiger partial charge in [-0.2, -0.15) is 0 Å². The first-order valence-electron chi connectivity index (χ1n) is 16.3. The number of hydrogen-bond donors (Lipinski definition) is 2. The lowest BCUT2D eigenvalue weighted by molar-refractivity contribution is -0.137. The summed E-state index contributed by atoms with van der Waals surface area (Å²) in [4.78, 5) is 24.1. The molecule has 0 unspecified atom stereocenters. The van der Waals surface area contributed by atoms with Gasteiger partial charge in [-0.3, -0.25) is 0 Å². The first-order valence-corrected chi connectivity index (χ1v) is 16.3. The van der Waals surface area contributed by atoms with E-state index < -0.39 is 0 Å². The van der Waals surface area contributed by atoms with E-state index in [0.29, 0.717) is 36.1 Å². The summed E-state index contributed by atoms with van der Waals surface area (Å²) in [6.07, 6.45) is 19.4. The van der Waals surface area contributed by atoms with Gasteiger partial charge in [0, 0.05) is 17.5 Å². The van der Waals surface area contributed by atoms with Gasteiger partial charge in [-0.05, 0) is 79.5 Å². The molecule has 0 aliphatic heterocycles. The predicted molar refractivity (Wildman–Crippen MR) is 175 cm³/mol. The van der Waals surface area contributed by atoms with Gasteiger partial charge in [-0.25, -0.2) is 9.59 Å². The molecule has 0 saturated heterocycles. The number of carbonyl (C=O) groups is 2. The van der Waals surface area contributed by atoms with Gasteiger partial charge in [0.25, 0.3) is 0 Å². The van der Waals surface area contributed by atoms with Crippen LogP contribution in [0, 0.1) is 11.8 Å². The number of unbranched alkanes of at least 4 members (excludes halogenated alkanes) is 8. The van der Waals surface area contributed by atoms with Gasteiger partial charge in [0.2, 0.25) is 0 Å². The van der Waals surface area contributed by atoms with Gasteiger partial charge in [0.15, 0.2) is 0 Å². The molecule has 2 aromatic carbocycles. The molecule has 7 nitrogen and oxygen atoms in total. The third-order valence-corrected chi connectivity index (χ3v) is 8.30. The summed E-state index contributed by atoms with van der Waals surface area (Å²) in [6, 6.07) is 12.7. The molecule has 0 amide bonds. The fraction of sp³-hybridized carbons (Fsp3) is 0.556. The standard InChI is InChI=1S/C36H52N2O5/c1-2-28-12-14-30(15-13-28)27-43-34-19-16-29(17-20-34)18-21-35(39)41-22-10-8-6-4-3-5-7-9-11-23-42-36(40)31-24-32(37)26-33(38)25-31/h16-21,24-26,28,30H,2-15,22-23,27,37-38H2,1H3. The average Bonchev–Trinajstić information content (AvgIpc) is 3.01. The Labute approximate surface area is 258 Å². The number of ether oxygens (including phenoxy) is 3. The number of rotatable bonds is 19. The normalized spacial score (nSPS) is 16.7. The van der Waals surface area contributed by atoms with Crippen LogP contribution in [0.25, 0.3) is 6.08 Å². The second kappa shape index (κ2) is 19.7. The van der Waals surface area contributed by atoms with Crippen LogP contribution in [-0.2, 0) is 14.3 Å². The maximum atomic E-state index is 12.1. The molecule has 0 heterocycles. The molecule has 1 aliphatic carbocycles. The third kappa shape index (κ3) is 14.0. The van der Waals surface area contributed by atoms with E-state index in [2.05, 4.69) is 6.92 Å². The molecule has 1 aliphatic rings. The Morgan fingerprint density at radius 2 is 1.28 bits per heavy atom. The molecule has 2 aromatic rings. The summed E-state index contributed by atoms with van der Waals surface area (Å²) in [5, 5.41) is 0. The Balaban J connectivity index is 1.12. The van der Waals surface area contributed by atoms with Crippen LogP contribution in [0.5, 0.6) is 5.75 Å². The van der Waals surface area contributed by atoms with E-state index in [-0.39, 0.29) is 11.9 Å². The van der Waals surface area contributed by atoms with Crippen LogP contribution < -0.4 is 16.2 Å². The first kappa shape index (κ1) is 34.0. The van der Waals surface area contributed by atoms with Crippen molar-refractivity contribution in [1.29, 1.82) is 0 Å². The third-order valence-electron chi connectivity index (χ3n) is 8.30. The van der Waals surface area contributed by atoms with E-state index in [1.54, 1.807) is 24.3 Å². The molecule has 0 spiro atoms. The van der Waals surface area contributed by atoms with Crippen molar-refractivity contribution in [3.8, 4) is 5.75 Å². The summed E-state index contributed by atoms with van der Waals surface area (Å²) >= 11 is 0. The smallest absolute Gasteiger partial charge is 0.338 e. The van der Waals surface area contributed by atoms with E-state index in [1.165, 1.54) is 57.4 Å². The zero-order valence-corrected chi connectivity index (χ0v) is 26.1. The quantitative estimate of drug-likeness (QED) is 0.0729. The maximum Gasteiger partial charge on any atom is 0.338 e. The minimum absolute atomic E-state index is 0.300. The van der Waals surface area contributed by atoms with Gasteiger partial charge >= 0.3 is 11.9 Å². The average molecular weight is 593 g/mol. The highest BCUT2D eigenvalue weighted by Crippen LogP contribution is 2.31. The lowest BCUT2D eigenvalue weighted by atomic mass is 9.81. The van der Waals surface area contributed by atoms with Gasteiger partial charge in [0.1, 0.15) is 5.75 Å². The van der Waals surface area contributed by atoms with Gasteiger partial charge in [-0.1, -0.05) is 83.3 Å². The molecule has 43 heavy (non-hydrogen) atoms. The summed E-state index contributed by atoms with van der Waals surface area (Å²) < 4.78 is 16.7. The second-order valence-corrected chi connectivity index (χ2v) is 11.9. The zero-order valence-electron chi connectivity index (χ0n) is 26.1. The molecule has 0 aromatic heterocycles. The van der Waals surface area contributed by atoms with Crippen LogP contribution in [0.2, 0.25) is 0 Å². The van der Waals surface area contributed by atoms with Crippen LogP contribution in [0.15, 0.2) is 48.5 Å².